The van der Waals surface area contributed by atoms with Crippen molar-refractivity contribution in [3.63, 3.8) is 0 Å². The van der Waals surface area contributed by atoms with E-state index in [1.165, 1.54) is 12.0 Å². The van der Waals surface area contributed by atoms with E-state index in [1.54, 1.807) is 0 Å². The van der Waals surface area contributed by atoms with Crippen LogP contribution in [0, 0.1) is 11.8 Å². The number of hydrogen-bond acceptors (Lipinski definition) is 3. The molecule has 0 saturated carbocycles. The van der Waals surface area contributed by atoms with Gasteiger partial charge in [-0.15, -0.1) is 0 Å². The van der Waals surface area contributed by atoms with Crippen LogP contribution in [-0.2, 0) is 9.53 Å². The molecule has 4 aliphatic heterocycles. The zero-order chi connectivity index (χ0) is 17.7. The number of ether oxygens (including phenoxy) is 1. The monoisotopic (exact) mass is 379 g/mol. The van der Waals surface area contributed by atoms with E-state index in [9.17, 15) is 4.79 Å². The van der Waals surface area contributed by atoms with Crippen molar-refractivity contribution in [2.45, 2.75) is 51.3 Å². The van der Waals surface area contributed by atoms with Crippen LogP contribution in [0.2, 0.25) is 10.0 Å². The van der Waals surface area contributed by atoms with E-state index in [-0.39, 0.29) is 23.9 Å². The summed E-state index contributed by atoms with van der Waals surface area (Å²) < 4.78 is 5.59. The predicted octanol–water partition coefficient (Wildman–Crippen LogP) is 4.81. The molecule has 3 nitrogen and oxygen atoms in total. The lowest BCUT2D eigenvalue weighted by atomic mass is 9.71. The van der Waals surface area contributed by atoms with Gasteiger partial charge in [0.25, 0.3) is 0 Å². The molecule has 5 heteroatoms. The van der Waals surface area contributed by atoms with Crippen LogP contribution in [0.5, 0.6) is 0 Å². The van der Waals surface area contributed by atoms with Gasteiger partial charge in [-0.3, -0.25) is 9.69 Å². The standard InChI is InChI=1S/C20H23Cl2NO2/c1-11(2)25-20(24)19-15-9-14-4-6-18(19)23(14)10-13(15)7-12-3-5-16(21)17(22)8-12/h3,5,7-8,11,14-15,18-19H,4,6,9-10H2,1-2H3/b13-7+/t14-,15+,18+,19-/m0/s1. The molecule has 1 unspecified atom stereocenters. The molecule has 1 aromatic rings. The molecule has 0 aliphatic carbocycles. The van der Waals surface area contributed by atoms with Crippen molar-refractivity contribution >= 4 is 35.2 Å². The van der Waals surface area contributed by atoms with E-state index in [1.807, 2.05) is 32.0 Å². The van der Waals surface area contributed by atoms with Crippen molar-refractivity contribution in [1.82, 2.24) is 4.90 Å². The number of carbonyl (C=O) groups is 1. The molecule has 5 atom stereocenters. The Labute approximate surface area is 158 Å². The number of nitrogens with zero attached hydrogens (tertiary/aromatic N) is 1. The molecule has 0 amide bonds. The van der Waals surface area contributed by atoms with Crippen molar-refractivity contribution in [2.75, 3.05) is 6.54 Å². The van der Waals surface area contributed by atoms with Gasteiger partial charge in [-0.1, -0.05) is 40.9 Å². The van der Waals surface area contributed by atoms with Crippen molar-refractivity contribution < 1.29 is 9.53 Å². The SMILES string of the molecule is CC(C)OC(=O)[C@H]1[C@@H]2C[C@@H]3CC[C@H]1N3C/C2=C\c1ccc(Cl)c(Cl)c1. The van der Waals surface area contributed by atoms with Crippen LogP contribution in [-0.4, -0.2) is 35.6 Å². The lowest BCUT2D eigenvalue weighted by Crippen LogP contribution is -2.58. The molecule has 5 rings (SSSR count). The first kappa shape index (κ1) is 17.4. The van der Waals surface area contributed by atoms with Crippen molar-refractivity contribution in [2.24, 2.45) is 11.8 Å². The third kappa shape index (κ3) is 3.11. The van der Waals surface area contributed by atoms with Crippen LogP contribution in [0.4, 0.5) is 0 Å². The van der Waals surface area contributed by atoms with Crippen LogP contribution in [0.3, 0.4) is 0 Å². The van der Waals surface area contributed by atoms with Gasteiger partial charge in [-0.25, -0.2) is 0 Å². The van der Waals surface area contributed by atoms with Gasteiger partial charge in [0, 0.05) is 18.6 Å². The van der Waals surface area contributed by atoms with E-state index in [0.29, 0.717) is 22.1 Å². The van der Waals surface area contributed by atoms with Gasteiger partial charge in [-0.2, -0.15) is 0 Å². The van der Waals surface area contributed by atoms with Gasteiger partial charge < -0.3 is 4.74 Å². The Morgan fingerprint density at radius 3 is 2.80 bits per heavy atom. The van der Waals surface area contributed by atoms with Crippen LogP contribution < -0.4 is 0 Å². The van der Waals surface area contributed by atoms with Gasteiger partial charge in [0.1, 0.15) is 0 Å². The summed E-state index contributed by atoms with van der Waals surface area (Å²) in [5, 5.41) is 1.13. The molecule has 25 heavy (non-hydrogen) atoms. The zero-order valence-electron chi connectivity index (χ0n) is 14.5. The highest BCUT2D eigenvalue weighted by molar-refractivity contribution is 6.42. The first-order valence-electron chi connectivity index (χ1n) is 9.06. The highest BCUT2D eigenvalue weighted by atomic mass is 35.5. The summed E-state index contributed by atoms with van der Waals surface area (Å²) in [7, 11) is 0. The number of fused-ring (bicyclic) bond motifs is 1. The normalized spacial score (nSPS) is 34.8. The van der Waals surface area contributed by atoms with Gasteiger partial charge in [0.2, 0.25) is 0 Å². The largest absolute Gasteiger partial charge is 0.463 e. The number of esters is 1. The summed E-state index contributed by atoms with van der Waals surface area (Å²) in [6, 6.07) is 6.68. The molecule has 0 spiro atoms. The number of halogens is 2. The van der Waals surface area contributed by atoms with Gasteiger partial charge in [0.15, 0.2) is 0 Å². The highest BCUT2D eigenvalue weighted by Crippen LogP contribution is 2.51. The van der Waals surface area contributed by atoms with Crippen LogP contribution in [0.1, 0.15) is 38.7 Å². The van der Waals surface area contributed by atoms with E-state index >= 15 is 0 Å². The first-order valence-corrected chi connectivity index (χ1v) is 9.81. The maximum Gasteiger partial charge on any atom is 0.311 e. The Morgan fingerprint density at radius 1 is 1.28 bits per heavy atom. The molecule has 4 heterocycles. The fraction of sp³-hybridized carbons (Fsp3) is 0.550. The molecule has 1 aromatic carbocycles. The number of piperidine rings is 3. The molecular formula is C20H23Cl2NO2. The summed E-state index contributed by atoms with van der Waals surface area (Å²) in [5.74, 6) is 0.210. The maximum absolute atomic E-state index is 12.8. The third-order valence-electron chi connectivity index (χ3n) is 5.83. The average molecular weight is 380 g/mol. The van der Waals surface area contributed by atoms with Crippen molar-refractivity contribution in [3.05, 3.63) is 39.4 Å². The molecule has 0 N–H and O–H groups in total. The molecule has 4 bridgehead atoms. The van der Waals surface area contributed by atoms with E-state index < -0.39 is 0 Å². The van der Waals surface area contributed by atoms with Gasteiger partial charge in [-0.05, 0) is 56.7 Å². The molecule has 4 saturated heterocycles. The van der Waals surface area contributed by atoms with Gasteiger partial charge >= 0.3 is 5.97 Å². The first-order chi connectivity index (χ1) is 11.9. The number of hydrogen-bond donors (Lipinski definition) is 0. The van der Waals surface area contributed by atoms with E-state index in [0.717, 1.165) is 24.9 Å². The minimum atomic E-state index is -0.0670. The Hall–Kier alpha value is -1.03. The molecule has 0 radical (unpaired) electrons. The van der Waals surface area contributed by atoms with Crippen molar-refractivity contribution in [1.29, 1.82) is 0 Å². The molecule has 0 aromatic heterocycles. The van der Waals surface area contributed by atoms with Crippen LogP contribution in [0.25, 0.3) is 6.08 Å². The zero-order valence-corrected chi connectivity index (χ0v) is 16.1. The van der Waals surface area contributed by atoms with Crippen LogP contribution in [0.15, 0.2) is 23.8 Å². The average Bonchev–Trinajstić information content (AvgIpc) is 2.85. The molecule has 4 fully saturated rings. The quantitative estimate of drug-likeness (QED) is 0.705. The lowest BCUT2D eigenvalue weighted by Gasteiger charge is -2.51. The summed E-state index contributed by atoms with van der Waals surface area (Å²) in [6.45, 7) is 4.79. The Bertz CT molecular complexity index is 730. The summed E-state index contributed by atoms with van der Waals surface area (Å²) >= 11 is 12.2. The minimum Gasteiger partial charge on any atom is -0.463 e. The van der Waals surface area contributed by atoms with E-state index in [4.69, 9.17) is 27.9 Å². The Morgan fingerprint density at radius 2 is 2.08 bits per heavy atom. The minimum absolute atomic E-state index is 0.0323. The Kier molecular flexibility index (Phi) is 4.59. The Balaban J connectivity index is 1.65. The fourth-order valence-electron chi connectivity index (χ4n) is 4.87. The summed E-state index contributed by atoms with van der Waals surface area (Å²) in [5.41, 5.74) is 2.36. The molecule has 4 aliphatic rings. The number of rotatable bonds is 3. The second kappa shape index (κ2) is 6.61. The lowest BCUT2D eigenvalue weighted by molar-refractivity contribution is -0.160. The predicted molar refractivity (Wildman–Crippen MR) is 101 cm³/mol. The van der Waals surface area contributed by atoms with Crippen molar-refractivity contribution in [3.8, 4) is 0 Å². The highest BCUT2D eigenvalue weighted by Gasteiger charge is 2.55. The fourth-order valence-corrected chi connectivity index (χ4v) is 5.18. The maximum atomic E-state index is 12.8. The molecular weight excluding hydrogens is 357 g/mol. The smallest absolute Gasteiger partial charge is 0.311 e. The second-order valence-electron chi connectivity index (χ2n) is 7.72. The summed E-state index contributed by atoms with van der Waals surface area (Å²) in [4.78, 5) is 15.3. The number of carbonyl (C=O) groups excluding carboxylic acids is 1. The van der Waals surface area contributed by atoms with Crippen LogP contribution >= 0.6 is 23.2 Å². The third-order valence-corrected chi connectivity index (χ3v) is 6.56. The molecule has 134 valence electrons. The second-order valence-corrected chi connectivity index (χ2v) is 8.53. The topological polar surface area (TPSA) is 29.5 Å². The summed E-state index contributed by atoms with van der Waals surface area (Å²) in [6.07, 6.45) is 5.49. The number of benzene rings is 1. The van der Waals surface area contributed by atoms with Gasteiger partial charge in [0.05, 0.1) is 22.1 Å². The van der Waals surface area contributed by atoms with E-state index in [2.05, 4.69) is 11.0 Å².